The van der Waals surface area contributed by atoms with Gasteiger partial charge in [-0.1, -0.05) is 38.6 Å². The molecule has 2 aromatic heterocycles. The molecule has 1 saturated heterocycles. The van der Waals surface area contributed by atoms with Crippen molar-refractivity contribution >= 4 is 29.0 Å². The molecule has 1 amide bonds. The van der Waals surface area contributed by atoms with E-state index in [2.05, 4.69) is 21.6 Å². The Morgan fingerprint density at radius 1 is 1.48 bits per heavy atom. The minimum Gasteiger partial charge on any atom is -0.415 e. The molecule has 7 heteroatoms. The highest BCUT2D eigenvalue weighted by molar-refractivity contribution is 7.99. The molecule has 0 aliphatic carbocycles. The fourth-order valence-electron chi connectivity index (χ4n) is 2.62. The van der Waals surface area contributed by atoms with E-state index in [9.17, 15) is 4.79 Å². The van der Waals surface area contributed by atoms with Gasteiger partial charge in [-0.2, -0.15) is 0 Å². The number of nitrogens with zero attached hydrogens (tertiary/aromatic N) is 3. The Morgan fingerprint density at radius 2 is 2.30 bits per heavy atom. The number of amides is 1. The van der Waals surface area contributed by atoms with Crippen molar-refractivity contribution in [2.45, 2.75) is 50.3 Å². The molecule has 1 aliphatic heterocycles. The number of aromatic nitrogens is 2. The first kappa shape index (κ1) is 16.5. The van der Waals surface area contributed by atoms with Crippen molar-refractivity contribution < 1.29 is 9.21 Å². The Morgan fingerprint density at radius 3 is 2.96 bits per heavy atom. The SMILES string of the molecule is CC(C)(C)c1nnc(SCC(=O)N2CCCC2c2cccs2)o1. The summed E-state index contributed by atoms with van der Waals surface area (Å²) in [6.07, 6.45) is 2.11. The van der Waals surface area contributed by atoms with Crippen LogP contribution in [-0.2, 0) is 10.2 Å². The molecule has 23 heavy (non-hydrogen) atoms. The Bertz CT molecular complexity index is 661. The van der Waals surface area contributed by atoms with Crippen LogP contribution in [0.3, 0.4) is 0 Å². The van der Waals surface area contributed by atoms with Crippen molar-refractivity contribution in [1.82, 2.24) is 15.1 Å². The maximum atomic E-state index is 12.5. The predicted molar refractivity (Wildman–Crippen MR) is 91.7 cm³/mol. The second-order valence-corrected chi connectivity index (χ2v) is 8.58. The van der Waals surface area contributed by atoms with Crippen LogP contribution in [-0.4, -0.2) is 33.3 Å². The van der Waals surface area contributed by atoms with E-state index in [4.69, 9.17) is 4.42 Å². The first-order chi connectivity index (χ1) is 10.9. The molecule has 1 unspecified atom stereocenters. The molecule has 124 valence electrons. The van der Waals surface area contributed by atoms with Crippen LogP contribution >= 0.6 is 23.1 Å². The summed E-state index contributed by atoms with van der Waals surface area (Å²) in [7, 11) is 0. The van der Waals surface area contributed by atoms with Gasteiger partial charge in [0.1, 0.15) is 0 Å². The number of thiophene rings is 1. The third-order valence-corrected chi connectivity index (χ3v) is 5.59. The number of carbonyl (C=O) groups excluding carboxylic acids is 1. The molecule has 0 spiro atoms. The van der Waals surface area contributed by atoms with Gasteiger partial charge in [0.15, 0.2) is 0 Å². The van der Waals surface area contributed by atoms with E-state index in [1.54, 1.807) is 11.3 Å². The highest BCUT2D eigenvalue weighted by atomic mass is 32.2. The second kappa shape index (κ2) is 6.65. The molecule has 0 N–H and O–H groups in total. The van der Waals surface area contributed by atoms with Gasteiger partial charge < -0.3 is 9.32 Å². The van der Waals surface area contributed by atoms with Gasteiger partial charge in [0.2, 0.25) is 11.8 Å². The first-order valence-electron chi connectivity index (χ1n) is 7.75. The van der Waals surface area contributed by atoms with Crippen LogP contribution in [0.15, 0.2) is 27.2 Å². The molecule has 3 heterocycles. The lowest BCUT2D eigenvalue weighted by atomic mass is 9.97. The molecule has 1 aliphatic rings. The third kappa shape index (κ3) is 3.77. The van der Waals surface area contributed by atoms with Gasteiger partial charge in [-0.15, -0.1) is 21.5 Å². The quantitative estimate of drug-likeness (QED) is 0.782. The van der Waals surface area contributed by atoms with Gasteiger partial charge >= 0.3 is 0 Å². The molecule has 5 nitrogen and oxygen atoms in total. The number of rotatable bonds is 4. The van der Waals surface area contributed by atoms with E-state index in [1.165, 1.54) is 16.6 Å². The summed E-state index contributed by atoms with van der Waals surface area (Å²) in [4.78, 5) is 15.8. The largest absolute Gasteiger partial charge is 0.415 e. The van der Waals surface area contributed by atoms with Crippen LogP contribution in [0.25, 0.3) is 0 Å². The molecule has 2 aromatic rings. The summed E-state index contributed by atoms with van der Waals surface area (Å²) >= 11 is 3.04. The first-order valence-corrected chi connectivity index (χ1v) is 9.61. The van der Waals surface area contributed by atoms with Crippen molar-refractivity contribution in [1.29, 1.82) is 0 Å². The molecular weight excluding hydrogens is 330 g/mol. The van der Waals surface area contributed by atoms with Crippen LogP contribution in [0.1, 0.15) is 50.4 Å². The third-order valence-electron chi connectivity index (χ3n) is 3.81. The monoisotopic (exact) mass is 351 g/mol. The van der Waals surface area contributed by atoms with Gasteiger partial charge in [-0.3, -0.25) is 4.79 Å². The van der Waals surface area contributed by atoms with Crippen LogP contribution in [0.5, 0.6) is 0 Å². The van der Waals surface area contributed by atoms with Crippen molar-refractivity contribution in [3.05, 3.63) is 28.3 Å². The molecule has 3 rings (SSSR count). The van der Waals surface area contributed by atoms with Gasteiger partial charge in [-0.05, 0) is 24.3 Å². The molecule has 0 saturated carbocycles. The van der Waals surface area contributed by atoms with Crippen molar-refractivity contribution in [2.75, 3.05) is 12.3 Å². The van der Waals surface area contributed by atoms with E-state index >= 15 is 0 Å². The van der Waals surface area contributed by atoms with E-state index < -0.39 is 0 Å². The fraction of sp³-hybridized carbons (Fsp3) is 0.562. The van der Waals surface area contributed by atoms with Crippen LogP contribution < -0.4 is 0 Å². The maximum absolute atomic E-state index is 12.5. The number of carbonyl (C=O) groups is 1. The summed E-state index contributed by atoms with van der Waals surface area (Å²) in [5, 5.41) is 10.6. The summed E-state index contributed by atoms with van der Waals surface area (Å²) in [5.41, 5.74) is -0.172. The molecule has 0 radical (unpaired) electrons. The van der Waals surface area contributed by atoms with E-state index in [0.29, 0.717) is 16.9 Å². The normalized spacial score (nSPS) is 18.6. The van der Waals surface area contributed by atoms with E-state index in [1.807, 2.05) is 31.7 Å². The summed E-state index contributed by atoms with van der Waals surface area (Å²) in [6.45, 7) is 6.90. The molecular formula is C16H21N3O2S2. The molecule has 1 fully saturated rings. The van der Waals surface area contributed by atoms with E-state index in [-0.39, 0.29) is 17.4 Å². The molecule has 0 aromatic carbocycles. The lowest BCUT2D eigenvalue weighted by molar-refractivity contribution is -0.129. The van der Waals surface area contributed by atoms with Gasteiger partial charge in [-0.25, -0.2) is 0 Å². The highest BCUT2D eigenvalue weighted by Gasteiger charge is 2.30. The fourth-order valence-corrected chi connectivity index (χ4v) is 4.14. The van der Waals surface area contributed by atoms with Gasteiger partial charge in [0.25, 0.3) is 5.22 Å². The zero-order chi connectivity index (χ0) is 16.4. The van der Waals surface area contributed by atoms with Crippen LogP contribution in [0, 0.1) is 0 Å². The molecule has 1 atom stereocenters. The Hall–Kier alpha value is -1.34. The van der Waals surface area contributed by atoms with Crippen molar-refractivity contribution in [2.24, 2.45) is 0 Å². The summed E-state index contributed by atoms with van der Waals surface area (Å²) in [6, 6.07) is 4.39. The van der Waals surface area contributed by atoms with Gasteiger partial charge in [0, 0.05) is 16.8 Å². The number of likely N-dealkylation sites (tertiary alicyclic amines) is 1. The Labute approximate surface area is 144 Å². The predicted octanol–water partition coefficient (Wildman–Crippen LogP) is 3.88. The summed E-state index contributed by atoms with van der Waals surface area (Å²) in [5.74, 6) is 1.08. The summed E-state index contributed by atoms with van der Waals surface area (Å²) < 4.78 is 5.63. The van der Waals surface area contributed by atoms with Crippen LogP contribution in [0.4, 0.5) is 0 Å². The molecule has 0 bridgehead atoms. The lowest BCUT2D eigenvalue weighted by Gasteiger charge is -2.23. The standard InChI is InChI=1S/C16H21N3O2S2/c1-16(2,3)14-17-18-15(21-14)23-10-13(20)19-8-4-6-11(19)12-7-5-9-22-12/h5,7,9,11H,4,6,8,10H2,1-3H3. The van der Waals surface area contributed by atoms with Gasteiger partial charge in [0.05, 0.1) is 11.8 Å². The number of thioether (sulfide) groups is 1. The lowest BCUT2D eigenvalue weighted by Crippen LogP contribution is -2.31. The van der Waals surface area contributed by atoms with Crippen molar-refractivity contribution in [3.63, 3.8) is 0 Å². The zero-order valence-electron chi connectivity index (χ0n) is 13.6. The average molecular weight is 351 g/mol. The van der Waals surface area contributed by atoms with Crippen LogP contribution in [0.2, 0.25) is 0 Å². The minimum atomic E-state index is -0.172. The highest BCUT2D eigenvalue weighted by Crippen LogP contribution is 2.35. The Kier molecular flexibility index (Phi) is 4.77. The zero-order valence-corrected chi connectivity index (χ0v) is 15.2. The number of hydrogen-bond acceptors (Lipinski definition) is 6. The maximum Gasteiger partial charge on any atom is 0.277 e. The topological polar surface area (TPSA) is 59.2 Å². The smallest absolute Gasteiger partial charge is 0.277 e. The van der Waals surface area contributed by atoms with Crippen molar-refractivity contribution in [3.8, 4) is 0 Å². The second-order valence-electron chi connectivity index (χ2n) is 6.67. The number of hydrogen-bond donors (Lipinski definition) is 0. The Balaban J connectivity index is 1.60. The average Bonchev–Trinajstić information content (AvgIpc) is 3.22. The van der Waals surface area contributed by atoms with E-state index in [0.717, 1.165) is 19.4 Å². The minimum absolute atomic E-state index is 0.140.